The average Bonchev–Trinajstić information content (AvgIpc) is 1.82. The van der Waals surface area contributed by atoms with Crippen LogP contribution in [-0.4, -0.2) is 11.5 Å². The van der Waals surface area contributed by atoms with Crippen LogP contribution in [0.2, 0.25) is 0 Å². The Morgan fingerprint density at radius 2 is 1.92 bits per heavy atom. The van der Waals surface area contributed by atoms with Crippen LogP contribution in [0.15, 0.2) is 0 Å². The van der Waals surface area contributed by atoms with E-state index in [1.54, 1.807) is 0 Å². The molecule has 0 spiro atoms. The zero-order valence-electron chi connectivity index (χ0n) is 8.90. The van der Waals surface area contributed by atoms with Gasteiger partial charge in [-0.3, -0.25) is 5.41 Å². The highest BCUT2D eigenvalue weighted by Crippen LogP contribution is 2.13. The Kier molecular flexibility index (Phi) is 4.29. The van der Waals surface area contributed by atoms with Gasteiger partial charge in [0.15, 0.2) is 5.90 Å². The highest BCUT2D eigenvalue weighted by atomic mass is 16.5. The third-order valence-electron chi connectivity index (χ3n) is 1.66. The van der Waals surface area contributed by atoms with E-state index in [4.69, 9.17) is 10.1 Å². The van der Waals surface area contributed by atoms with E-state index in [0.717, 1.165) is 12.8 Å². The van der Waals surface area contributed by atoms with E-state index < -0.39 is 0 Å². The monoisotopic (exact) mass is 171 g/mol. The van der Waals surface area contributed by atoms with Crippen molar-refractivity contribution in [2.75, 3.05) is 0 Å². The molecule has 0 saturated heterocycles. The van der Waals surface area contributed by atoms with Crippen LogP contribution in [0.1, 0.15) is 47.5 Å². The van der Waals surface area contributed by atoms with E-state index in [0.29, 0.717) is 11.8 Å². The van der Waals surface area contributed by atoms with Crippen molar-refractivity contribution in [2.24, 2.45) is 5.92 Å². The van der Waals surface area contributed by atoms with E-state index in [9.17, 15) is 0 Å². The highest BCUT2D eigenvalue weighted by Gasteiger charge is 2.14. The Morgan fingerprint density at radius 1 is 1.42 bits per heavy atom. The number of ether oxygens (including phenoxy) is 1. The second-order valence-electron chi connectivity index (χ2n) is 4.36. The lowest BCUT2D eigenvalue weighted by Gasteiger charge is -2.22. The van der Waals surface area contributed by atoms with Crippen LogP contribution in [0.25, 0.3) is 0 Å². The summed E-state index contributed by atoms with van der Waals surface area (Å²) in [5.41, 5.74) is -0.218. The molecule has 0 amide bonds. The first-order valence-electron chi connectivity index (χ1n) is 4.61. The Bertz CT molecular complexity index is 146. The number of hydrogen-bond donors (Lipinski definition) is 1. The molecule has 0 fully saturated rings. The fourth-order valence-corrected chi connectivity index (χ4v) is 0.872. The van der Waals surface area contributed by atoms with Gasteiger partial charge >= 0.3 is 0 Å². The van der Waals surface area contributed by atoms with Crippen molar-refractivity contribution in [3.63, 3.8) is 0 Å². The summed E-state index contributed by atoms with van der Waals surface area (Å²) in [4.78, 5) is 0. The van der Waals surface area contributed by atoms with Crippen molar-refractivity contribution < 1.29 is 4.74 Å². The minimum Gasteiger partial charge on any atom is -0.476 e. The molecular weight excluding hydrogens is 150 g/mol. The Labute approximate surface area is 75.8 Å². The zero-order chi connectivity index (χ0) is 9.78. The summed E-state index contributed by atoms with van der Waals surface area (Å²) in [5.74, 6) is 0.969. The van der Waals surface area contributed by atoms with Gasteiger partial charge in [-0.15, -0.1) is 0 Å². The predicted octanol–water partition coefficient (Wildman–Crippen LogP) is 3.21. The second kappa shape index (κ2) is 4.48. The molecule has 0 bridgehead atoms. The maximum absolute atomic E-state index is 7.56. The van der Waals surface area contributed by atoms with E-state index >= 15 is 0 Å². The van der Waals surface area contributed by atoms with Crippen molar-refractivity contribution in [1.29, 1.82) is 5.41 Å². The third kappa shape index (κ3) is 6.20. The van der Waals surface area contributed by atoms with Crippen LogP contribution in [0.3, 0.4) is 0 Å². The predicted molar refractivity (Wildman–Crippen MR) is 52.6 cm³/mol. The third-order valence-corrected chi connectivity index (χ3v) is 1.66. The molecule has 1 atom stereocenters. The van der Waals surface area contributed by atoms with E-state index in [1.165, 1.54) is 0 Å². The Hall–Kier alpha value is -0.530. The molecule has 0 aromatic heterocycles. The van der Waals surface area contributed by atoms with Crippen LogP contribution >= 0.6 is 0 Å². The number of rotatable bonds is 3. The topological polar surface area (TPSA) is 33.1 Å². The smallest absolute Gasteiger partial charge is 0.181 e. The fraction of sp³-hybridized carbons (Fsp3) is 0.900. The first-order valence-corrected chi connectivity index (χ1v) is 4.61. The summed E-state index contributed by atoms with van der Waals surface area (Å²) in [6.45, 7) is 10.2. The second-order valence-corrected chi connectivity index (χ2v) is 4.36. The van der Waals surface area contributed by atoms with Gasteiger partial charge in [0.1, 0.15) is 5.60 Å². The molecule has 0 rings (SSSR count). The average molecular weight is 171 g/mol. The standard InChI is InChI=1S/C10H21NO/c1-6-8(2)7-9(11)12-10(3,4)5/h8,11H,6-7H2,1-5H3. The van der Waals surface area contributed by atoms with Gasteiger partial charge in [0.05, 0.1) is 0 Å². The quantitative estimate of drug-likeness (QED) is 0.513. The summed E-state index contributed by atoms with van der Waals surface area (Å²) in [6, 6.07) is 0. The molecule has 0 aliphatic rings. The molecule has 2 nitrogen and oxygen atoms in total. The van der Waals surface area contributed by atoms with Gasteiger partial charge in [0.2, 0.25) is 0 Å². The molecule has 72 valence electrons. The van der Waals surface area contributed by atoms with Crippen molar-refractivity contribution in [2.45, 2.75) is 53.1 Å². The van der Waals surface area contributed by atoms with Crippen LogP contribution < -0.4 is 0 Å². The van der Waals surface area contributed by atoms with Gasteiger partial charge in [0, 0.05) is 6.42 Å². The van der Waals surface area contributed by atoms with Crippen LogP contribution in [0.4, 0.5) is 0 Å². The molecule has 1 unspecified atom stereocenters. The molecule has 0 aliphatic carbocycles. The van der Waals surface area contributed by atoms with Gasteiger partial charge in [-0.25, -0.2) is 0 Å². The fourth-order valence-electron chi connectivity index (χ4n) is 0.872. The molecule has 0 aliphatic heterocycles. The van der Waals surface area contributed by atoms with Gasteiger partial charge in [-0.1, -0.05) is 20.3 Å². The lowest BCUT2D eigenvalue weighted by Crippen LogP contribution is -2.24. The van der Waals surface area contributed by atoms with E-state index in [2.05, 4.69) is 13.8 Å². The van der Waals surface area contributed by atoms with Gasteiger partial charge in [-0.2, -0.15) is 0 Å². The molecule has 2 heteroatoms. The summed E-state index contributed by atoms with van der Waals surface area (Å²) in [6.07, 6.45) is 1.86. The maximum atomic E-state index is 7.56. The lowest BCUT2D eigenvalue weighted by molar-refractivity contribution is 0.108. The Morgan fingerprint density at radius 3 is 2.25 bits per heavy atom. The van der Waals surface area contributed by atoms with Crippen LogP contribution in [-0.2, 0) is 4.74 Å². The molecular formula is C10H21NO. The Balaban J connectivity index is 3.75. The van der Waals surface area contributed by atoms with Crippen LogP contribution in [0.5, 0.6) is 0 Å². The molecule has 0 aromatic rings. The zero-order valence-corrected chi connectivity index (χ0v) is 8.90. The number of nitrogens with one attached hydrogen (secondary N) is 1. The first kappa shape index (κ1) is 11.5. The molecule has 0 aromatic carbocycles. The molecule has 0 heterocycles. The van der Waals surface area contributed by atoms with E-state index in [1.807, 2.05) is 20.8 Å². The van der Waals surface area contributed by atoms with Crippen molar-refractivity contribution in [1.82, 2.24) is 0 Å². The normalized spacial score (nSPS) is 14.1. The number of hydrogen-bond acceptors (Lipinski definition) is 2. The van der Waals surface area contributed by atoms with E-state index in [-0.39, 0.29) is 5.60 Å². The maximum Gasteiger partial charge on any atom is 0.181 e. The van der Waals surface area contributed by atoms with Gasteiger partial charge < -0.3 is 4.74 Å². The summed E-state index contributed by atoms with van der Waals surface area (Å²) >= 11 is 0. The largest absolute Gasteiger partial charge is 0.476 e. The molecule has 0 saturated carbocycles. The minimum absolute atomic E-state index is 0.218. The van der Waals surface area contributed by atoms with Crippen molar-refractivity contribution in [3.8, 4) is 0 Å². The summed E-state index contributed by atoms with van der Waals surface area (Å²) in [7, 11) is 0. The highest BCUT2D eigenvalue weighted by molar-refractivity contribution is 5.73. The summed E-state index contributed by atoms with van der Waals surface area (Å²) in [5, 5.41) is 7.56. The van der Waals surface area contributed by atoms with Crippen molar-refractivity contribution >= 4 is 5.90 Å². The first-order chi connectivity index (χ1) is 5.35. The summed E-state index contributed by atoms with van der Waals surface area (Å²) < 4.78 is 5.39. The molecule has 12 heavy (non-hydrogen) atoms. The lowest BCUT2D eigenvalue weighted by atomic mass is 10.1. The van der Waals surface area contributed by atoms with Crippen LogP contribution in [0, 0.1) is 11.3 Å². The van der Waals surface area contributed by atoms with Gasteiger partial charge in [0.25, 0.3) is 0 Å². The minimum atomic E-state index is -0.218. The molecule has 0 radical (unpaired) electrons. The molecule has 1 N–H and O–H groups in total. The van der Waals surface area contributed by atoms with Gasteiger partial charge in [-0.05, 0) is 26.7 Å². The van der Waals surface area contributed by atoms with Crippen molar-refractivity contribution in [3.05, 3.63) is 0 Å². The SMILES string of the molecule is CCC(C)CC(=N)OC(C)(C)C.